The van der Waals surface area contributed by atoms with Crippen molar-refractivity contribution < 1.29 is 27.8 Å². The summed E-state index contributed by atoms with van der Waals surface area (Å²) in [5.41, 5.74) is -1.68. The molecule has 1 amide bonds. The van der Waals surface area contributed by atoms with Gasteiger partial charge in [0.25, 0.3) is 0 Å². The maximum atomic E-state index is 12.7. The molecule has 1 aliphatic heterocycles. The molecule has 2 rings (SSSR count). The van der Waals surface area contributed by atoms with E-state index in [0.29, 0.717) is 0 Å². The Labute approximate surface area is 138 Å². The minimum atomic E-state index is -4.67. The second-order valence-electron chi connectivity index (χ2n) is 5.74. The number of alkyl halides is 3. The number of rotatable bonds is 5. The average Bonchev–Trinajstić information content (AvgIpc) is 2.55. The quantitative estimate of drug-likeness (QED) is 0.836. The number of hydrogen-bond acceptors (Lipinski definition) is 3. The van der Waals surface area contributed by atoms with Crippen molar-refractivity contribution in [3.05, 3.63) is 42.0 Å². The minimum Gasteiger partial charge on any atom is -0.380 e. The van der Waals surface area contributed by atoms with Crippen molar-refractivity contribution in [2.24, 2.45) is 0 Å². The van der Waals surface area contributed by atoms with E-state index in [1.54, 1.807) is 6.08 Å². The highest BCUT2D eigenvalue weighted by Gasteiger charge is 2.54. The van der Waals surface area contributed by atoms with Crippen LogP contribution in [0.3, 0.4) is 0 Å². The van der Waals surface area contributed by atoms with Gasteiger partial charge in [0.15, 0.2) is 5.60 Å². The van der Waals surface area contributed by atoms with E-state index in [9.17, 15) is 23.1 Å². The van der Waals surface area contributed by atoms with E-state index in [1.165, 1.54) is 4.90 Å². The molecule has 7 heteroatoms. The largest absolute Gasteiger partial charge is 0.417 e. The highest BCUT2D eigenvalue weighted by atomic mass is 19.4. The zero-order valence-corrected chi connectivity index (χ0v) is 13.1. The van der Waals surface area contributed by atoms with Crippen molar-refractivity contribution in [1.82, 2.24) is 4.90 Å². The Morgan fingerprint density at radius 1 is 1.25 bits per heavy atom. The first-order valence-electron chi connectivity index (χ1n) is 7.68. The molecule has 1 heterocycles. The molecular weight excluding hydrogens is 323 g/mol. The first-order valence-corrected chi connectivity index (χ1v) is 7.68. The predicted octanol–water partition coefficient (Wildman–Crippen LogP) is 2.63. The van der Waals surface area contributed by atoms with Gasteiger partial charge >= 0.3 is 6.18 Å². The summed E-state index contributed by atoms with van der Waals surface area (Å²) in [6.07, 6.45) is -2.05. The van der Waals surface area contributed by atoms with Crippen LogP contribution in [0.5, 0.6) is 0 Å². The van der Waals surface area contributed by atoms with Gasteiger partial charge < -0.3 is 14.7 Å². The molecule has 1 aromatic carbocycles. The summed E-state index contributed by atoms with van der Waals surface area (Å²) >= 11 is 0. The highest BCUT2D eigenvalue weighted by molar-refractivity contribution is 5.77. The average molecular weight is 343 g/mol. The topological polar surface area (TPSA) is 49.8 Å². The van der Waals surface area contributed by atoms with Crippen LogP contribution in [-0.4, -0.2) is 54.0 Å². The fourth-order valence-corrected chi connectivity index (χ4v) is 2.46. The van der Waals surface area contributed by atoms with Crippen LogP contribution in [0, 0.1) is 0 Å². The van der Waals surface area contributed by atoms with Gasteiger partial charge in [-0.3, -0.25) is 4.79 Å². The van der Waals surface area contributed by atoms with E-state index in [1.807, 2.05) is 36.4 Å². The second kappa shape index (κ2) is 7.81. The second-order valence-corrected chi connectivity index (χ2v) is 5.74. The Morgan fingerprint density at radius 3 is 2.46 bits per heavy atom. The molecule has 1 aliphatic rings. The molecular formula is C17H20F3NO3. The molecule has 1 fully saturated rings. The van der Waals surface area contributed by atoms with Crippen LogP contribution in [0.1, 0.15) is 18.4 Å². The van der Waals surface area contributed by atoms with Crippen molar-refractivity contribution in [3.8, 4) is 0 Å². The van der Waals surface area contributed by atoms with Gasteiger partial charge in [-0.2, -0.15) is 13.2 Å². The van der Waals surface area contributed by atoms with Crippen molar-refractivity contribution >= 4 is 12.0 Å². The van der Waals surface area contributed by atoms with E-state index in [4.69, 9.17) is 4.74 Å². The molecule has 0 unspecified atom stereocenters. The Hall–Kier alpha value is -1.86. The molecule has 4 nitrogen and oxygen atoms in total. The minimum absolute atomic E-state index is 0.127. The Morgan fingerprint density at radius 2 is 1.88 bits per heavy atom. The molecule has 0 bridgehead atoms. The van der Waals surface area contributed by atoms with Crippen LogP contribution in [0.4, 0.5) is 13.2 Å². The Kier molecular flexibility index (Phi) is 6.01. The number of benzene rings is 1. The fourth-order valence-electron chi connectivity index (χ4n) is 2.46. The van der Waals surface area contributed by atoms with Crippen LogP contribution in [0.2, 0.25) is 0 Å². The van der Waals surface area contributed by atoms with Gasteiger partial charge in [-0.15, -0.1) is 0 Å². The van der Waals surface area contributed by atoms with Crippen LogP contribution in [-0.2, 0) is 9.53 Å². The number of nitrogens with zero attached hydrogens (tertiary/aromatic N) is 1. The van der Waals surface area contributed by atoms with Gasteiger partial charge in [0.05, 0.1) is 6.61 Å². The van der Waals surface area contributed by atoms with E-state index < -0.39 is 24.6 Å². The van der Waals surface area contributed by atoms with Crippen molar-refractivity contribution in [2.75, 3.05) is 26.3 Å². The summed E-state index contributed by atoms with van der Waals surface area (Å²) in [6, 6.07) is 9.57. The highest BCUT2D eigenvalue weighted by Crippen LogP contribution is 2.38. The first-order chi connectivity index (χ1) is 11.3. The number of amides is 1. The summed E-state index contributed by atoms with van der Waals surface area (Å²) < 4.78 is 43.3. The van der Waals surface area contributed by atoms with Gasteiger partial charge in [0.2, 0.25) is 5.91 Å². The zero-order valence-electron chi connectivity index (χ0n) is 13.1. The van der Waals surface area contributed by atoms with E-state index in [-0.39, 0.29) is 32.2 Å². The number of aliphatic hydroxyl groups is 1. The van der Waals surface area contributed by atoms with Gasteiger partial charge in [-0.25, -0.2) is 0 Å². The number of carbonyl (C=O) groups excluding carboxylic acids is 1. The van der Waals surface area contributed by atoms with Gasteiger partial charge in [-0.1, -0.05) is 42.5 Å². The molecule has 1 N–H and O–H groups in total. The van der Waals surface area contributed by atoms with Gasteiger partial charge in [-0.05, 0) is 5.56 Å². The van der Waals surface area contributed by atoms with E-state index >= 15 is 0 Å². The van der Waals surface area contributed by atoms with Crippen molar-refractivity contribution in [2.45, 2.75) is 24.6 Å². The van der Waals surface area contributed by atoms with Crippen LogP contribution in [0.25, 0.3) is 6.08 Å². The summed E-state index contributed by atoms with van der Waals surface area (Å²) in [5.74, 6) is -0.368. The molecule has 0 spiro atoms. The van der Waals surface area contributed by atoms with Gasteiger partial charge in [0.1, 0.15) is 6.61 Å². The van der Waals surface area contributed by atoms with Crippen LogP contribution >= 0.6 is 0 Å². The first kappa shape index (κ1) is 18.5. The third-order valence-corrected chi connectivity index (χ3v) is 4.02. The number of ether oxygens (including phenoxy) is 1. The summed E-state index contributed by atoms with van der Waals surface area (Å²) in [7, 11) is 0. The lowest BCUT2D eigenvalue weighted by molar-refractivity contribution is -0.272. The van der Waals surface area contributed by atoms with Gasteiger partial charge in [0, 0.05) is 25.9 Å². The molecule has 1 aromatic rings. The molecule has 0 aliphatic carbocycles. The molecule has 0 atom stereocenters. The summed E-state index contributed by atoms with van der Waals surface area (Å²) in [6.45, 7) is -0.208. The third-order valence-electron chi connectivity index (χ3n) is 4.02. The molecule has 1 saturated heterocycles. The smallest absolute Gasteiger partial charge is 0.380 e. The lowest BCUT2D eigenvalue weighted by Crippen LogP contribution is -2.54. The molecule has 0 saturated carbocycles. The zero-order chi connectivity index (χ0) is 17.6. The normalized spacial score (nSPS) is 18.1. The lowest BCUT2D eigenvalue weighted by Gasteiger charge is -2.39. The maximum absolute atomic E-state index is 12.7. The maximum Gasteiger partial charge on any atom is 0.417 e. The van der Waals surface area contributed by atoms with Crippen LogP contribution < -0.4 is 0 Å². The predicted molar refractivity (Wildman–Crippen MR) is 83.1 cm³/mol. The number of carbonyl (C=O) groups is 1. The van der Waals surface area contributed by atoms with E-state index in [0.717, 1.165) is 5.56 Å². The fraction of sp³-hybridized carbons (Fsp3) is 0.471. The third kappa shape index (κ3) is 4.82. The lowest BCUT2D eigenvalue weighted by atomic mass is 9.91. The molecule has 0 aromatic heterocycles. The molecule has 0 radical (unpaired) electrons. The number of piperidine rings is 1. The number of likely N-dealkylation sites (tertiary alicyclic amines) is 1. The monoisotopic (exact) mass is 343 g/mol. The summed E-state index contributed by atoms with van der Waals surface area (Å²) in [4.78, 5) is 13.2. The number of hydrogen-bond donors (Lipinski definition) is 1. The molecule has 24 heavy (non-hydrogen) atoms. The SMILES string of the molecule is O=C(COC/C=C/c1ccccc1)N1CCC(O)(C(F)(F)F)CC1. The Bertz CT molecular complexity index is 564. The Balaban J connectivity index is 1.70. The molecule has 132 valence electrons. The van der Waals surface area contributed by atoms with Crippen LogP contribution in [0.15, 0.2) is 36.4 Å². The number of halogens is 3. The standard InChI is InChI=1S/C17H20F3NO3/c18-17(19,20)16(23)8-10-21(11-9-16)15(22)13-24-12-4-7-14-5-2-1-3-6-14/h1-7,23H,8-13H2/b7-4+. The van der Waals surface area contributed by atoms with E-state index in [2.05, 4.69) is 0 Å². The van der Waals surface area contributed by atoms with Crippen molar-refractivity contribution in [3.63, 3.8) is 0 Å². The summed E-state index contributed by atoms with van der Waals surface area (Å²) in [5, 5.41) is 9.56. The van der Waals surface area contributed by atoms with Crippen molar-refractivity contribution in [1.29, 1.82) is 0 Å².